The Morgan fingerprint density at radius 1 is 1.24 bits per heavy atom. The first-order valence-electron chi connectivity index (χ1n) is 13.1. The molecule has 2 aromatic carbocycles. The van der Waals surface area contributed by atoms with Crippen LogP contribution in [-0.4, -0.2) is 63.1 Å². The van der Waals surface area contributed by atoms with E-state index in [1.54, 1.807) is 29.7 Å². The summed E-state index contributed by atoms with van der Waals surface area (Å²) in [4.78, 5) is 43.3. The third kappa shape index (κ3) is 4.21. The van der Waals surface area contributed by atoms with Crippen LogP contribution in [0, 0.1) is 24.7 Å². The van der Waals surface area contributed by atoms with E-state index in [9.17, 15) is 19.5 Å². The molecule has 3 unspecified atom stereocenters. The lowest BCUT2D eigenvalue weighted by Crippen LogP contribution is -2.57. The molecule has 2 bridgehead atoms. The zero-order valence-electron chi connectivity index (χ0n) is 21.7. The van der Waals surface area contributed by atoms with Gasteiger partial charge in [0, 0.05) is 5.25 Å². The van der Waals surface area contributed by atoms with Crippen molar-refractivity contribution in [3.8, 4) is 0 Å². The second-order valence-electron chi connectivity index (χ2n) is 10.5. The largest absolute Gasteiger partial charge is 0.466 e. The van der Waals surface area contributed by atoms with E-state index in [4.69, 9.17) is 16.3 Å². The number of benzene rings is 2. The van der Waals surface area contributed by atoms with Crippen molar-refractivity contribution >= 4 is 46.8 Å². The smallest absolute Gasteiger partial charge is 0.310 e. The number of carbonyl (C=O) groups is 3. The molecule has 0 aromatic heterocycles. The second kappa shape index (κ2) is 10.5. The number of ether oxygens (including phenoxy) is 1. The van der Waals surface area contributed by atoms with Gasteiger partial charge >= 0.3 is 5.97 Å². The normalized spacial score (nSPS) is 30.3. The number of rotatable bonds is 8. The summed E-state index contributed by atoms with van der Waals surface area (Å²) in [5, 5.41) is 13.9. The van der Waals surface area contributed by atoms with Gasteiger partial charge in [-0.3, -0.25) is 14.4 Å². The van der Waals surface area contributed by atoms with Crippen molar-refractivity contribution in [1.82, 2.24) is 4.90 Å². The minimum absolute atomic E-state index is 0.00119. The fourth-order valence-corrected chi connectivity index (χ4v) is 9.44. The first kappa shape index (κ1) is 27.0. The Morgan fingerprint density at radius 2 is 1.97 bits per heavy atom. The first-order chi connectivity index (χ1) is 18.2. The maximum atomic E-state index is 14.3. The number of thioether (sulfide) groups is 1. The van der Waals surface area contributed by atoms with Crippen molar-refractivity contribution in [3.63, 3.8) is 0 Å². The molecular formula is C29H33ClN2O5S. The predicted molar refractivity (Wildman–Crippen MR) is 148 cm³/mol. The van der Waals surface area contributed by atoms with Crippen molar-refractivity contribution in [2.24, 2.45) is 17.8 Å². The Kier molecular flexibility index (Phi) is 7.50. The first-order valence-corrected chi connectivity index (χ1v) is 14.4. The highest BCUT2D eigenvalue weighted by Crippen LogP contribution is 2.69. The van der Waals surface area contributed by atoms with E-state index in [1.807, 2.05) is 49.4 Å². The Balaban J connectivity index is 1.59. The molecule has 2 aromatic rings. The van der Waals surface area contributed by atoms with Gasteiger partial charge in [0.2, 0.25) is 11.8 Å². The molecule has 38 heavy (non-hydrogen) atoms. The van der Waals surface area contributed by atoms with Crippen molar-refractivity contribution in [3.05, 3.63) is 64.7 Å². The average Bonchev–Trinajstić information content (AvgIpc) is 3.49. The number of halogens is 1. The van der Waals surface area contributed by atoms with Crippen molar-refractivity contribution in [2.75, 3.05) is 18.5 Å². The quantitative estimate of drug-likeness (QED) is 0.476. The highest BCUT2D eigenvalue weighted by atomic mass is 35.5. The maximum absolute atomic E-state index is 14.3. The zero-order valence-corrected chi connectivity index (χ0v) is 23.3. The number of hydrogen-bond donors (Lipinski definition) is 2. The summed E-state index contributed by atoms with van der Waals surface area (Å²) in [5.74, 6) is -2.33. The lowest BCUT2D eigenvalue weighted by molar-refractivity contribution is -0.154. The Hall–Kier alpha value is -2.55. The molecule has 7 nitrogen and oxygen atoms in total. The third-order valence-electron chi connectivity index (χ3n) is 8.38. The van der Waals surface area contributed by atoms with Gasteiger partial charge in [0.05, 0.1) is 46.5 Å². The van der Waals surface area contributed by atoms with Crippen LogP contribution in [0.15, 0.2) is 48.5 Å². The zero-order chi connectivity index (χ0) is 27.2. The maximum Gasteiger partial charge on any atom is 0.310 e. The number of fused-ring (bicyclic) bond motifs is 1. The van der Waals surface area contributed by atoms with Crippen LogP contribution in [-0.2, 0) is 25.5 Å². The molecule has 0 saturated carbocycles. The van der Waals surface area contributed by atoms with Crippen LogP contribution in [0.5, 0.6) is 0 Å². The molecule has 3 heterocycles. The predicted octanol–water partition coefficient (Wildman–Crippen LogP) is 4.09. The Morgan fingerprint density at radius 3 is 2.63 bits per heavy atom. The molecule has 2 N–H and O–H groups in total. The molecule has 7 atom stereocenters. The molecule has 0 aliphatic carbocycles. The van der Waals surface area contributed by atoms with Crippen LogP contribution in [0.1, 0.15) is 31.4 Å². The number of nitrogens with zero attached hydrogens (tertiary/aromatic N) is 1. The van der Waals surface area contributed by atoms with Crippen LogP contribution in [0.2, 0.25) is 5.02 Å². The fourth-order valence-electron chi connectivity index (χ4n) is 6.78. The van der Waals surface area contributed by atoms with Gasteiger partial charge in [-0.15, -0.1) is 11.8 Å². The van der Waals surface area contributed by atoms with Crippen LogP contribution < -0.4 is 5.32 Å². The lowest BCUT2D eigenvalue weighted by atomic mass is 9.66. The highest BCUT2D eigenvalue weighted by molar-refractivity contribution is 8.02. The fraction of sp³-hybridized carbons (Fsp3) is 0.483. The highest BCUT2D eigenvalue weighted by Gasteiger charge is 2.76. The SMILES string of the molecule is CCOC(=O)[C@@H]1[C@H]2C(=O)N([C@@H](CO)Cc3ccccc3)C(C(=O)Nc3c(C)cccc3Cl)C23S[C@@H]1CC3C. The van der Waals surface area contributed by atoms with E-state index >= 15 is 0 Å². The number of anilines is 1. The summed E-state index contributed by atoms with van der Waals surface area (Å²) in [7, 11) is 0. The summed E-state index contributed by atoms with van der Waals surface area (Å²) in [5.41, 5.74) is 2.25. The minimum atomic E-state index is -0.888. The summed E-state index contributed by atoms with van der Waals surface area (Å²) in [6.45, 7) is 5.59. The molecule has 202 valence electrons. The van der Waals surface area contributed by atoms with Gasteiger partial charge in [-0.25, -0.2) is 0 Å². The number of nitrogens with one attached hydrogen (secondary N) is 1. The van der Waals surface area contributed by atoms with Gasteiger partial charge in [-0.05, 0) is 49.8 Å². The standard InChI is InChI=1S/C29H33ClN2O5S/c1-4-37-28(36)22-21-13-17(3)29(38-21)23(22)27(35)32(19(15-33)14-18-10-6-5-7-11-18)25(29)26(34)31-24-16(2)9-8-12-20(24)30/h5-12,17,19,21-23,25,33H,4,13-15H2,1-3H3,(H,31,34)/t17?,19-,21-,22+,23+,25?,29?/m1/s1. The van der Waals surface area contributed by atoms with Gasteiger partial charge in [0.1, 0.15) is 6.04 Å². The number of hydrogen-bond acceptors (Lipinski definition) is 6. The van der Waals surface area contributed by atoms with Crippen LogP contribution in [0.4, 0.5) is 5.69 Å². The molecular weight excluding hydrogens is 524 g/mol. The van der Waals surface area contributed by atoms with E-state index in [0.717, 1.165) is 11.1 Å². The monoisotopic (exact) mass is 556 g/mol. The van der Waals surface area contributed by atoms with Gasteiger partial charge in [0.25, 0.3) is 0 Å². The molecule has 3 aliphatic rings. The number of aryl methyl sites for hydroxylation is 1. The Labute approximate surface area is 232 Å². The van der Waals surface area contributed by atoms with Gasteiger partial charge in [-0.1, -0.05) is 61.0 Å². The summed E-state index contributed by atoms with van der Waals surface area (Å²) < 4.78 is 4.60. The average molecular weight is 557 g/mol. The Bertz CT molecular complexity index is 1220. The van der Waals surface area contributed by atoms with E-state index < -0.39 is 28.7 Å². The van der Waals surface area contributed by atoms with Crippen molar-refractivity contribution in [1.29, 1.82) is 0 Å². The minimum Gasteiger partial charge on any atom is -0.466 e. The topological polar surface area (TPSA) is 95.9 Å². The number of aliphatic hydroxyl groups excluding tert-OH is 1. The van der Waals surface area contributed by atoms with E-state index in [1.165, 1.54) is 0 Å². The van der Waals surface area contributed by atoms with Crippen molar-refractivity contribution < 1.29 is 24.2 Å². The molecule has 1 spiro atoms. The van der Waals surface area contributed by atoms with E-state index in [-0.39, 0.29) is 42.2 Å². The number of aliphatic hydroxyl groups is 1. The van der Waals surface area contributed by atoms with Crippen molar-refractivity contribution in [2.45, 2.75) is 55.7 Å². The molecule has 5 rings (SSSR count). The van der Waals surface area contributed by atoms with Gasteiger partial charge < -0.3 is 20.1 Å². The molecule has 2 amide bonds. The van der Waals surface area contributed by atoms with Crippen LogP contribution in [0.25, 0.3) is 0 Å². The summed E-state index contributed by atoms with van der Waals surface area (Å²) >= 11 is 8.04. The molecule has 3 aliphatic heterocycles. The molecule has 9 heteroatoms. The number of amides is 2. The van der Waals surface area contributed by atoms with E-state index in [2.05, 4.69) is 12.2 Å². The van der Waals surface area contributed by atoms with Gasteiger partial charge in [-0.2, -0.15) is 0 Å². The molecule has 0 radical (unpaired) electrons. The van der Waals surface area contributed by atoms with Gasteiger partial charge in [0.15, 0.2) is 0 Å². The number of carbonyl (C=O) groups excluding carboxylic acids is 3. The second-order valence-corrected chi connectivity index (χ2v) is 12.5. The molecule has 3 fully saturated rings. The van der Waals surface area contributed by atoms with Crippen LogP contribution in [0.3, 0.4) is 0 Å². The van der Waals surface area contributed by atoms with Crippen LogP contribution >= 0.6 is 23.4 Å². The third-order valence-corrected chi connectivity index (χ3v) is 10.8. The summed E-state index contributed by atoms with van der Waals surface area (Å²) in [6.07, 6.45) is 1.09. The number of esters is 1. The lowest BCUT2D eigenvalue weighted by Gasteiger charge is -2.40. The van der Waals surface area contributed by atoms with E-state index in [0.29, 0.717) is 23.6 Å². The summed E-state index contributed by atoms with van der Waals surface area (Å²) in [6, 6.07) is 13.5. The number of likely N-dealkylation sites (tertiary alicyclic amines) is 1. The molecule has 3 saturated heterocycles. The number of para-hydroxylation sites is 1.